The molecule has 0 saturated heterocycles. The van der Waals surface area contributed by atoms with Crippen molar-refractivity contribution in [1.82, 2.24) is 0 Å². The summed E-state index contributed by atoms with van der Waals surface area (Å²) in [6, 6.07) is 0. The van der Waals surface area contributed by atoms with Crippen molar-refractivity contribution >= 4 is 15.3 Å². The zero-order valence-corrected chi connectivity index (χ0v) is 13.0. The van der Waals surface area contributed by atoms with Gasteiger partial charge in [0.2, 0.25) is 0 Å². The smallest absolute Gasteiger partial charge is 0.0923 e. The van der Waals surface area contributed by atoms with E-state index in [0.29, 0.717) is 0 Å². The van der Waals surface area contributed by atoms with Gasteiger partial charge in [0.1, 0.15) is 0 Å². The molecule has 1 unspecified atom stereocenters. The summed E-state index contributed by atoms with van der Waals surface area (Å²) in [5, 5.41) is 1.01. The van der Waals surface area contributed by atoms with E-state index < -0.39 is 15.3 Å². The number of hydrogen-bond acceptors (Lipinski definition) is 0. The molecule has 0 nitrogen and oxygen atoms in total. The first-order valence-corrected chi connectivity index (χ1v) is 10.7. The second-order valence-electron chi connectivity index (χ2n) is 5.16. The van der Waals surface area contributed by atoms with Crippen molar-refractivity contribution in [3.8, 4) is 0 Å². The van der Waals surface area contributed by atoms with Crippen molar-refractivity contribution in [2.24, 2.45) is 0 Å². The predicted octanol–water partition coefficient (Wildman–Crippen LogP) is 0.163. The predicted molar refractivity (Wildman–Crippen MR) is 57.5 cm³/mol. The van der Waals surface area contributed by atoms with Crippen LogP contribution >= 0.6 is 7.26 Å². The maximum absolute atomic E-state index is 2.48. The standard InChI is InChI=1S/C8H22PSi.HI/c1-8(9(2,3)4)10(5,6)7;/h8H,1-7H3;1H/q+1;/p-1. The van der Waals surface area contributed by atoms with E-state index in [9.17, 15) is 0 Å². The fourth-order valence-electron chi connectivity index (χ4n) is 1.16. The molecule has 0 aromatic carbocycles. The minimum Gasteiger partial charge on any atom is -1.00 e. The molecule has 0 aromatic heterocycles. The van der Waals surface area contributed by atoms with Crippen LogP contribution in [0.4, 0.5) is 0 Å². The van der Waals surface area contributed by atoms with Crippen molar-refractivity contribution in [2.75, 3.05) is 20.0 Å². The lowest BCUT2D eigenvalue weighted by atomic mass is 10.9. The molecule has 1 atom stereocenters. The van der Waals surface area contributed by atoms with Gasteiger partial charge < -0.3 is 24.0 Å². The Labute approximate surface area is 90.9 Å². The van der Waals surface area contributed by atoms with Crippen molar-refractivity contribution < 1.29 is 24.0 Å². The molecule has 0 saturated carbocycles. The van der Waals surface area contributed by atoms with Gasteiger partial charge in [-0.15, -0.1) is 0 Å². The Morgan fingerprint density at radius 2 is 1.27 bits per heavy atom. The van der Waals surface area contributed by atoms with Crippen LogP contribution in [0.5, 0.6) is 0 Å². The van der Waals surface area contributed by atoms with Crippen LogP contribution in [0.15, 0.2) is 0 Å². The number of rotatable bonds is 2. The number of halogens is 1. The molecule has 0 fully saturated rings. The highest BCUT2D eigenvalue weighted by molar-refractivity contribution is 7.76. The largest absolute Gasteiger partial charge is 1.00 e. The third-order valence-electron chi connectivity index (χ3n) is 2.42. The molecule has 11 heavy (non-hydrogen) atoms. The highest BCUT2D eigenvalue weighted by Crippen LogP contribution is 2.54. The van der Waals surface area contributed by atoms with Gasteiger partial charge in [-0.2, -0.15) is 0 Å². The second kappa shape index (κ2) is 4.57. The van der Waals surface area contributed by atoms with E-state index in [1.54, 1.807) is 0 Å². The number of hydrogen-bond donors (Lipinski definition) is 0. The Balaban J connectivity index is 0. The van der Waals surface area contributed by atoms with Crippen LogP contribution in [0.2, 0.25) is 19.6 Å². The van der Waals surface area contributed by atoms with Crippen molar-refractivity contribution in [3.63, 3.8) is 0 Å². The Kier molecular flexibility index (Phi) is 6.18. The Hall–Kier alpha value is 1.38. The molecule has 0 N–H and O–H groups in total. The van der Waals surface area contributed by atoms with Gasteiger partial charge in [0.05, 0.1) is 13.4 Å². The fraction of sp³-hybridized carbons (Fsp3) is 1.00. The Morgan fingerprint density at radius 1 is 1.00 bits per heavy atom. The van der Waals surface area contributed by atoms with E-state index in [2.05, 4.69) is 46.6 Å². The average molecular weight is 304 g/mol. The van der Waals surface area contributed by atoms with E-state index in [1.165, 1.54) is 0 Å². The average Bonchev–Trinajstić information content (AvgIpc) is 1.59. The van der Waals surface area contributed by atoms with Gasteiger partial charge in [-0.05, 0) is 6.92 Å². The summed E-state index contributed by atoms with van der Waals surface area (Å²) < 4.78 is 0. The summed E-state index contributed by atoms with van der Waals surface area (Å²) in [4.78, 5) is 0. The van der Waals surface area contributed by atoms with Gasteiger partial charge in [-0.25, -0.2) is 0 Å². The molecule has 0 aliphatic heterocycles. The monoisotopic (exact) mass is 304 g/mol. The summed E-state index contributed by atoms with van der Waals surface area (Å²) in [6.45, 7) is 17.2. The summed E-state index contributed by atoms with van der Waals surface area (Å²) in [5.41, 5.74) is 0. The molecular weight excluding hydrogens is 282 g/mol. The molecule has 0 rings (SSSR count). The van der Waals surface area contributed by atoms with E-state index in [-0.39, 0.29) is 24.0 Å². The summed E-state index contributed by atoms with van der Waals surface area (Å²) in [6.07, 6.45) is 0. The maximum atomic E-state index is 2.48. The van der Waals surface area contributed by atoms with Crippen LogP contribution < -0.4 is 24.0 Å². The third kappa shape index (κ3) is 5.59. The van der Waals surface area contributed by atoms with E-state index in [0.717, 1.165) is 5.28 Å². The van der Waals surface area contributed by atoms with E-state index >= 15 is 0 Å². The van der Waals surface area contributed by atoms with Gasteiger partial charge in [0.25, 0.3) is 0 Å². The Bertz CT molecular complexity index is 98.2. The molecule has 3 heteroatoms. The lowest BCUT2D eigenvalue weighted by Crippen LogP contribution is -3.00. The minimum absolute atomic E-state index is 0. The molecule has 0 aliphatic carbocycles. The van der Waals surface area contributed by atoms with Gasteiger partial charge >= 0.3 is 0 Å². The molecule has 0 aromatic rings. The van der Waals surface area contributed by atoms with Crippen LogP contribution in [0.3, 0.4) is 0 Å². The lowest BCUT2D eigenvalue weighted by molar-refractivity contribution is -0.00000281. The van der Waals surface area contributed by atoms with Crippen molar-refractivity contribution in [1.29, 1.82) is 0 Å². The molecule has 0 heterocycles. The zero-order chi connectivity index (χ0) is 8.58. The first kappa shape index (κ1) is 14.9. The molecule has 0 spiro atoms. The molecule has 0 amide bonds. The van der Waals surface area contributed by atoms with Gasteiger partial charge in [0, 0.05) is 27.3 Å². The zero-order valence-electron chi connectivity index (χ0n) is 8.90. The summed E-state index contributed by atoms with van der Waals surface area (Å²) in [5.74, 6) is 0. The Morgan fingerprint density at radius 3 is 1.27 bits per heavy atom. The fourth-order valence-corrected chi connectivity index (χ4v) is 10.5. The topological polar surface area (TPSA) is 0 Å². The highest BCUT2D eigenvalue weighted by atomic mass is 127. The first-order valence-electron chi connectivity index (χ1n) is 3.97. The normalized spacial score (nSPS) is 15.5. The molecular formula is C8H22IPSi. The van der Waals surface area contributed by atoms with Crippen LogP contribution in [0.25, 0.3) is 0 Å². The van der Waals surface area contributed by atoms with Crippen LogP contribution in [0, 0.1) is 0 Å². The first-order chi connectivity index (χ1) is 4.15. The molecule has 0 bridgehead atoms. The summed E-state index contributed by atoms with van der Waals surface area (Å²) in [7, 11) is -1.41. The molecule has 0 aliphatic rings. The van der Waals surface area contributed by atoms with Gasteiger partial charge in [-0.3, -0.25) is 0 Å². The minimum atomic E-state index is -0.847. The van der Waals surface area contributed by atoms with Crippen LogP contribution in [0.1, 0.15) is 6.92 Å². The quantitative estimate of drug-likeness (QED) is 0.387. The maximum Gasteiger partial charge on any atom is 0.0923 e. The van der Waals surface area contributed by atoms with E-state index in [1.807, 2.05) is 0 Å². The van der Waals surface area contributed by atoms with E-state index in [4.69, 9.17) is 0 Å². The molecule has 0 radical (unpaired) electrons. The lowest BCUT2D eigenvalue weighted by Gasteiger charge is -2.30. The van der Waals surface area contributed by atoms with Gasteiger partial charge in [0.15, 0.2) is 0 Å². The van der Waals surface area contributed by atoms with Crippen molar-refractivity contribution in [3.05, 3.63) is 0 Å². The summed E-state index contributed by atoms with van der Waals surface area (Å²) >= 11 is 0. The molecule has 70 valence electrons. The van der Waals surface area contributed by atoms with Crippen molar-refractivity contribution in [2.45, 2.75) is 31.8 Å². The second-order valence-corrected chi connectivity index (χ2v) is 16.2. The highest BCUT2D eigenvalue weighted by Gasteiger charge is 2.37. The SMILES string of the molecule is CC([Si](C)(C)C)[P+](C)(C)C.[I-]. The van der Waals surface area contributed by atoms with Crippen LogP contribution in [-0.2, 0) is 0 Å². The van der Waals surface area contributed by atoms with Gasteiger partial charge in [-0.1, -0.05) is 19.6 Å². The third-order valence-corrected chi connectivity index (χ3v) is 11.9. The van der Waals surface area contributed by atoms with Crippen LogP contribution in [-0.4, -0.2) is 33.4 Å².